The molecular weight excluding hydrogens is 330 g/mol. The Bertz CT molecular complexity index is 845. The van der Waals surface area contributed by atoms with Gasteiger partial charge in [0.25, 0.3) is 5.91 Å². The lowest BCUT2D eigenvalue weighted by atomic mass is 10.1. The topological polar surface area (TPSA) is 84.2 Å². The molecule has 6 nitrogen and oxygen atoms in total. The van der Waals surface area contributed by atoms with Crippen LogP contribution in [-0.4, -0.2) is 17.0 Å². The van der Waals surface area contributed by atoms with Crippen LogP contribution < -0.4 is 10.6 Å². The van der Waals surface area contributed by atoms with Crippen LogP contribution in [0.5, 0.6) is 0 Å². The Hall–Kier alpha value is -2.89. The van der Waals surface area contributed by atoms with Crippen molar-refractivity contribution < 1.29 is 14.1 Å². The van der Waals surface area contributed by atoms with Gasteiger partial charge in [0.1, 0.15) is 11.3 Å². The fourth-order valence-corrected chi connectivity index (χ4v) is 3.08. The summed E-state index contributed by atoms with van der Waals surface area (Å²) in [6, 6.07) is 7.05. The van der Waals surface area contributed by atoms with Crippen molar-refractivity contribution in [3.8, 4) is 0 Å². The largest absolute Gasteiger partial charge is 0.361 e. The van der Waals surface area contributed by atoms with Gasteiger partial charge >= 0.3 is 0 Å². The zero-order chi connectivity index (χ0) is 18.1. The Kier molecular flexibility index (Phi) is 4.32. The number of carbonyl (C=O) groups excluding carboxylic acids is 2. The molecule has 2 aliphatic rings. The molecule has 0 unspecified atom stereocenters. The maximum Gasteiger partial charge on any atom is 0.260 e. The number of anilines is 2. The van der Waals surface area contributed by atoms with Crippen LogP contribution in [0.3, 0.4) is 0 Å². The zero-order valence-corrected chi connectivity index (χ0v) is 14.6. The molecule has 2 aliphatic carbocycles. The number of hydrogen-bond acceptors (Lipinski definition) is 4. The third-order valence-electron chi connectivity index (χ3n) is 4.80. The minimum Gasteiger partial charge on any atom is -0.361 e. The minimum absolute atomic E-state index is 0.0734. The number of nitrogens with one attached hydrogen (secondary N) is 2. The summed E-state index contributed by atoms with van der Waals surface area (Å²) in [5.74, 6) is 1.39. The van der Waals surface area contributed by atoms with E-state index in [1.807, 2.05) is 0 Å². The average molecular weight is 351 g/mol. The summed E-state index contributed by atoms with van der Waals surface area (Å²) in [5, 5.41) is 9.28. The maximum absolute atomic E-state index is 12.3. The molecule has 2 fully saturated rings. The molecule has 0 radical (unpaired) electrons. The summed E-state index contributed by atoms with van der Waals surface area (Å²) in [4.78, 5) is 24.4. The van der Waals surface area contributed by atoms with Crippen molar-refractivity contribution in [3.63, 3.8) is 0 Å². The molecule has 0 aliphatic heterocycles. The van der Waals surface area contributed by atoms with Crippen molar-refractivity contribution in [2.24, 2.45) is 11.8 Å². The van der Waals surface area contributed by atoms with Crippen molar-refractivity contribution in [2.45, 2.75) is 32.6 Å². The van der Waals surface area contributed by atoms with Crippen LogP contribution in [0, 0.1) is 18.8 Å². The fraction of sp³-hybridized carbons (Fsp3) is 0.350. The van der Waals surface area contributed by atoms with Crippen molar-refractivity contribution in [1.82, 2.24) is 5.16 Å². The van der Waals surface area contributed by atoms with Crippen LogP contribution in [-0.2, 0) is 4.79 Å². The first-order valence-corrected chi connectivity index (χ1v) is 8.95. The molecule has 1 aromatic carbocycles. The molecule has 6 heteroatoms. The SMILES string of the molecule is Cc1oncc1C(=O)Nc1ccc(NC(=O)C=C(C2CC2)C2CC2)cc1. The number of aromatic nitrogens is 1. The van der Waals surface area contributed by atoms with Gasteiger partial charge in [0, 0.05) is 17.5 Å². The van der Waals surface area contributed by atoms with Crippen LogP contribution in [0.4, 0.5) is 11.4 Å². The first-order chi connectivity index (χ1) is 12.6. The van der Waals surface area contributed by atoms with Crippen molar-refractivity contribution in [3.05, 3.63) is 53.4 Å². The quantitative estimate of drug-likeness (QED) is 0.773. The third kappa shape index (κ3) is 3.85. The fourth-order valence-electron chi connectivity index (χ4n) is 3.08. The van der Waals surface area contributed by atoms with Gasteiger partial charge in [0.05, 0.1) is 6.20 Å². The molecule has 4 rings (SSSR count). The van der Waals surface area contributed by atoms with E-state index < -0.39 is 0 Å². The number of carbonyl (C=O) groups is 2. The van der Waals surface area contributed by atoms with E-state index >= 15 is 0 Å². The highest BCUT2D eigenvalue weighted by atomic mass is 16.5. The number of allylic oxidation sites excluding steroid dienone is 1. The van der Waals surface area contributed by atoms with Crippen molar-refractivity contribution in [2.75, 3.05) is 10.6 Å². The Morgan fingerprint density at radius 1 is 1.04 bits per heavy atom. The Labute approximate surface area is 151 Å². The van der Waals surface area contributed by atoms with Gasteiger partial charge in [-0.05, 0) is 68.7 Å². The predicted octanol–water partition coefficient (Wildman–Crippen LogP) is 3.92. The second-order valence-corrected chi connectivity index (χ2v) is 7.01. The lowest BCUT2D eigenvalue weighted by Gasteiger charge is -2.08. The highest BCUT2D eigenvalue weighted by Gasteiger charge is 2.36. The van der Waals surface area contributed by atoms with Gasteiger partial charge in [0.2, 0.25) is 5.91 Å². The Morgan fingerprint density at radius 3 is 2.12 bits per heavy atom. The molecule has 2 amide bonds. The van der Waals surface area contributed by atoms with E-state index in [1.54, 1.807) is 37.3 Å². The summed E-state index contributed by atoms with van der Waals surface area (Å²) in [6.07, 6.45) is 8.05. The molecule has 0 bridgehead atoms. The second kappa shape index (κ2) is 6.78. The summed E-state index contributed by atoms with van der Waals surface area (Å²) < 4.78 is 4.90. The Morgan fingerprint density at radius 2 is 1.62 bits per heavy atom. The van der Waals surface area contributed by atoms with Crippen LogP contribution in [0.2, 0.25) is 0 Å². The van der Waals surface area contributed by atoms with E-state index in [0.29, 0.717) is 34.5 Å². The standard InChI is InChI=1S/C20H21N3O3/c1-12-18(11-21-26-12)20(25)23-16-8-6-15(7-9-16)22-19(24)10-17(13-2-3-13)14-4-5-14/h6-11,13-14H,2-5H2,1H3,(H,22,24)(H,23,25). The Balaban J connectivity index is 1.37. The van der Waals surface area contributed by atoms with Gasteiger partial charge < -0.3 is 15.2 Å². The van der Waals surface area contributed by atoms with E-state index in [0.717, 1.165) is 0 Å². The normalized spacial score (nSPS) is 16.0. The number of hydrogen-bond donors (Lipinski definition) is 2. The second-order valence-electron chi connectivity index (χ2n) is 7.01. The number of rotatable bonds is 6. The smallest absolute Gasteiger partial charge is 0.260 e. The molecule has 134 valence electrons. The third-order valence-corrected chi connectivity index (χ3v) is 4.80. The lowest BCUT2D eigenvalue weighted by Crippen LogP contribution is -2.13. The number of nitrogens with zero attached hydrogens (tertiary/aromatic N) is 1. The number of amides is 2. The molecule has 2 saturated carbocycles. The first kappa shape index (κ1) is 16.6. The summed E-state index contributed by atoms with van der Waals surface area (Å²) in [5.41, 5.74) is 3.08. The van der Waals surface area contributed by atoms with Crippen LogP contribution >= 0.6 is 0 Å². The van der Waals surface area contributed by atoms with Crippen molar-refractivity contribution in [1.29, 1.82) is 0 Å². The molecule has 2 aromatic rings. The zero-order valence-electron chi connectivity index (χ0n) is 14.6. The maximum atomic E-state index is 12.3. The van der Waals surface area contributed by atoms with Crippen LogP contribution in [0.15, 0.2) is 46.6 Å². The molecule has 1 aromatic heterocycles. The van der Waals surface area contributed by atoms with Crippen LogP contribution in [0.25, 0.3) is 0 Å². The number of aryl methyl sites for hydroxylation is 1. The minimum atomic E-state index is -0.276. The summed E-state index contributed by atoms with van der Waals surface area (Å²) >= 11 is 0. The summed E-state index contributed by atoms with van der Waals surface area (Å²) in [7, 11) is 0. The van der Waals surface area contributed by atoms with Crippen molar-refractivity contribution >= 4 is 23.2 Å². The monoisotopic (exact) mass is 351 g/mol. The van der Waals surface area contributed by atoms with Gasteiger partial charge in [-0.15, -0.1) is 0 Å². The molecule has 0 spiro atoms. The molecule has 0 saturated heterocycles. The summed E-state index contributed by atoms with van der Waals surface area (Å²) in [6.45, 7) is 1.69. The van der Waals surface area contributed by atoms with E-state index in [-0.39, 0.29) is 11.8 Å². The highest BCUT2D eigenvalue weighted by Crippen LogP contribution is 2.48. The first-order valence-electron chi connectivity index (χ1n) is 8.95. The van der Waals surface area contributed by atoms with E-state index in [1.165, 1.54) is 37.5 Å². The van der Waals surface area contributed by atoms with E-state index in [2.05, 4.69) is 15.8 Å². The molecule has 1 heterocycles. The van der Waals surface area contributed by atoms with Gasteiger partial charge in [-0.25, -0.2) is 0 Å². The van der Waals surface area contributed by atoms with E-state index in [4.69, 9.17) is 4.52 Å². The highest BCUT2D eigenvalue weighted by molar-refractivity contribution is 6.05. The molecule has 2 N–H and O–H groups in total. The molecular formula is C20H21N3O3. The van der Waals surface area contributed by atoms with Gasteiger partial charge in [-0.1, -0.05) is 10.7 Å². The van der Waals surface area contributed by atoms with Crippen LogP contribution in [0.1, 0.15) is 41.8 Å². The molecule has 26 heavy (non-hydrogen) atoms. The van der Waals surface area contributed by atoms with Gasteiger partial charge in [-0.3, -0.25) is 9.59 Å². The van der Waals surface area contributed by atoms with Gasteiger partial charge in [-0.2, -0.15) is 0 Å². The molecule has 0 atom stereocenters. The average Bonchev–Trinajstić information content (AvgIpc) is 3.53. The number of benzene rings is 1. The predicted molar refractivity (Wildman–Crippen MR) is 97.8 cm³/mol. The van der Waals surface area contributed by atoms with Gasteiger partial charge in [0.15, 0.2) is 0 Å². The van der Waals surface area contributed by atoms with E-state index in [9.17, 15) is 9.59 Å². The lowest BCUT2D eigenvalue weighted by molar-refractivity contribution is -0.112.